The van der Waals surface area contributed by atoms with Gasteiger partial charge in [0.2, 0.25) is 5.88 Å². The third kappa shape index (κ3) is 3.58. The highest BCUT2D eigenvalue weighted by Crippen LogP contribution is 2.24. The van der Waals surface area contributed by atoms with E-state index in [2.05, 4.69) is 16.9 Å². The zero-order valence-electron chi connectivity index (χ0n) is 13.0. The number of nitro groups is 1. The number of rotatable bonds is 6. The molecule has 116 valence electrons. The van der Waals surface area contributed by atoms with Gasteiger partial charge in [-0.3, -0.25) is 10.1 Å². The molecular formula is C16H19N3O3. The van der Waals surface area contributed by atoms with Crippen LogP contribution in [0.5, 0.6) is 5.88 Å². The van der Waals surface area contributed by atoms with Gasteiger partial charge in [-0.25, -0.2) is 4.98 Å². The number of aryl methyl sites for hydroxylation is 2. The maximum absolute atomic E-state index is 10.7. The van der Waals surface area contributed by atoms with Crippen molar-refractivity contribution in [2.45, 2.75) is 33.1 Å². The average molecular weight is 301 g/mol. The van der Waals surface area contributed by atoms with E-state index in [1.165, 1.54) is 12.1 Å². The molecule has 0 spiro atoms. The minimum Gasteiger partial charge on any atom is -0.481 e. The number of methoxy groups -OCH3 is 1. The zero-order valence-corrected chi connectivity index (χ0v) is 13.0. The standard InChI is InChI=1S/C16H19N3O3/c1-4-5-15-14(16(22-3)18-11(2)17-15)10-12-6-8-13(9-7-12)19(20)21/h6-9H,4-5,10H2,1-3H3. The van der Waals surface area contributed by atoms with Gasteiger partial charge in [0, 0.05) is 24.1 Å². The largest absolute Gasteiger partial charge is 0.481 e. The Hall–Kier alpha value is -2.50. The summed E-state index contributed by atoms with van der Waals surface area (Å²) in [6.07, 6.45) is 2.42. The van der Waals surface area contributed by atoms with Crippen molar-refractivity contribution in [1.82, 2.24) is 9.97 Å². The number of nitrogens with zero attached hydrogens (tertiary/aromatic N) is 3. The van der Waals surface area contributed by atoms with E-state index in [-0.39, 0.29) is 5.69 Å². The summed E-state index contributed by atoms with van der Waals surface area (Å²) >= 11 is 0. The van der Waals surface area contributed by atoms with Crippen molar-refractivity contribution in [2.24, 2.45) is 0 Å². The molecule has 0 N–H and O–H groups in total. The summed E-state index contributed by atoms with van der Waals surface area (Å²) in [5.41, 5.74) is 2.98. The second kappa shape index (κ2) is 6.98. The molecule has 0 bridgehead atoms. The average Bonchev–Trinajstić information content (AvgIpc) is 2.50. The summed E-state index contributed by atoms with van der Waals surface area (Å²) in [5.74, 6) is 1.27. The Bertz CT molecular complexity index is 669. The van der Waals surface area contributed by atoms with Gasteiger partial charge in [-0.05, 0) is 18.9 Å². The Morgan fingerprint density at radius 2 is 1.91 bits per heavy atom. The topological polar surface area (TPSA) is 78.2 Å². The first-order valence-electron chi connectivity index (χ1n) is 7.18. The molecule has 0 aliphatic heterocycles. The predicted molar refractivity (Wildman–Crippen MR) is 83.2 cm³/mol. The van der Waals surface area contributed by atoms with Gasteiger partial charge in [0.15, 0.2) is 0 Å². The number of non-ortho nitro benzene ring substituents is 1. The molecule has 0 atom stereocenters. The number of ether oxygens (including phenoxy) is 1. The summed E-state index contributed by atoms with van der Waals surface area (Å²) in [7, 11) is 1.59. The first kappa shape index (κ1) is 15.9. The Morgan fingerprint density at radius 1 is 1.23 bits per heavy atom. The van der Waals surface area contributed by atoms with Gasteiger partial charge in [0.25, 0.3) is 5.69 Å². The molecule has 2 aromatic rings. The third-order valence-electron chi connectivity index (χ3n) is 3.37. The minimum absolute atomic E-state index is 0.0876. The van der Waals surface area contributed by atoms with E-state index in [9.17, 15) is 10.1 Å². The van der Waals surface area contributed by atoms with Crippen LogP contribution in [0, 0.1) is 17.0 Å². The van der Waals surface area contributed by atoms with Crippen molar-refractivity contribution in [3.63, 3.8) is 0 Å². The molecule has 1 aromatic heterocycles. The van der Waals surface area contributed by atoms with Gasteiger partial charge in [-0.2, -0.15) is 4.98 Å². The second-order valence-electron chi connectivity index (χ2n) is 5.06. The monoisotopic (exact) mass is 301 g/mol. The lowest BCUT2D eigenvalue weighted by atomic mass is 10.0. The highest BCUT2D eigenvalue weighted by Gasteiger charge is 2.14. The molecule has 0 aliphatic rings. The van der Waals surface area contributed by atoms with Gasteiger partial charge >= 0.3 is 0 Å². The van der Waals surface area contributed by atoms with Crippen molar-refractivity contribution in [2.75, 3.05) is 7.11 Å². The first-order valence-corrected chi connectivity index (χ1v) is 7.18. The van der Waals surface area contributed by atoms with E-state index in [1.54, 1.807) is 19.2 Å². The van der Waals surface area contributed by atoms with Gasteiger partial charge in [-0.1, -0.05) is 25.5 Å². The normalized spacial score (nSPS) is 10.5. The summed E-state index contributed by atoms with van der Waals surface area (Å²) in [4.78, 5) is 19.2. The maximum atomic E-state index is 10.7. The number of hydrogen-bond acceptors (Lipinski definition) is 5. The first-order chi connectivity index (χ1) is 10.5. The summed E-state index contributed by atoms with van der Waals surface area (Å²) in [5, 5.41) is 10.7. The summed E-state index contributed by atoms with van der Waals surface area (Å²) in [6, 6.07) is 6.53. The highest BCUT2D eigenvalue weighted by molar-refractivity contribution is 5.39. The van der Waals surface area contributed by atoms with Crippen LogP contribution in [0.3, 0.4) is 0 Å². The van der Waals surface area contributed by atoms with Gasteiger partial charge in [0.1, 0.15) is 5.82 Å². The maximum Gasteiger partial charge on any atom is 0.269 e. The van der Waals surface area contributed by atoms with Gasteiger partial charge < -0.3 is 4.74 Å². The van der Waals surface area contributed by atoms with Crippen molar-refractivity contribution in [3.8, 4) is 5.88 Å². The molecule has 2 rings (SSSR count). The Labute approximate surface area is 129 Å². The zero-order chi connectivity index (χ0) is 16.1. The van der Waals surface area contributed by atoms with Gasteiger partial charge in [-0.15, -0.1) is 0 Å². The van der Waals surface area contributed by atoms with Crippen LogP contribution in [-0.2, 0) is 12.8 Å². The highest BCUT2D eigenvalue weighted by atomic mass is 16.6. The molecule has 0 fully saturated rings. The molecule has 0 amide bonds. The van der Waals surface area contributed by atoms with Crippen LogP contribution in [0.25, 0.3) is 0 Å². The van der Waals surface area contributed by atoms with Crippen LogP contribution in [0.15, 0.2) is 24.3 Å². The molecule has 1 aromatic carbocycles. The molecule has 0 saturated carbocycles. The lowest BCUT2D eigenvalue weighted by Crippen LogP contribution is -2.07. The fourth-order valence-electron chi connectivity index (χ4n) is 2.36. The van der Waals surface area contributed by atoms with Crippen molar-refractivity contribution in [3.05, 3.63) is 57.0 Å². The molecule has 22 heavy (non-hydrogen) atoms. The SMILES string of the molecule is CCCc1nc(C)nc(OC)c1Cc1ccc([N+](=O)[O-])cc1. The van der Waals surface area contributed by atoms with Gasteiger partial charge in [0.05, 0.1) is 17.7 Å². The quantitative estimate of drug-likeness (QED) is 0.604. The van der Waals surface area contributed by atoms with E-state index < -0.39 is 4.92 Å². The van der Waals surface area contributed by atoms with Crippen LogP contribution in [0.4, 0.5) is 5.69 Å². The lowest BCUT2D eigenvalue weighted by Gasteiger charge is -2.13. The summed E-state index contributed by atoms with van der Waals surface area (Å²) < 4.78 is 5.39. The van der Waals surface area contributed by atoms with E-state index in [0.29, 0.717) is 18.1 Å². The van der Waals surface area contributed by atoms with E-state index in [1.807, 2.05) is 6.92 Å². The Balaban J connectivity index is 2.36. The van der Waals surface area contributed by atoms with Crippen LogP contribution < -0.4 is 4.74 Å². The summed E-state index contributed by atoms with van der Waals surface area (Å²) in [6.45, 7) is 3.94. The number of hydrogen-bond donors (Lipinski definition) is 0. The fraction of sp³-hybridized carbons (Fsp3) is 0.375. The number of nitro benzene ring substituents is 1. The molecular weight excluding hydrogens is 282 g/mol. The smallest absolute Gasteiger partial charge is 0.269 e. The Morgan fingerprint density at radius 3 is 2.45 bits per heavy atom. The van der Waals surface area contributed by atoms with Crippen molar-refractivity contribution < 1.29 is 9.66 Å². The van der Waals surface area contributed by atoms with E-state index in [4.69, 9.17) is 4.74 Å². The van der Waals surface area contributed by atoms with Crippen LogP contribution in [0.1, 0.15) is 36.0 Å². The second-order valence-corrected chi connectivity index (χ2v) is 5.06. The lowest BCUT2D eigenvalue weighted by molar-refractivity contribution is -0.384. The Kier molecular flexibility index (Phi) is 5.04. The van der Waals surface area contributed by atoms with Crippen molar-refractivity contribution >= 4 is 5.69 Å². The number of benzene rings is 1. The molecule has 1 heterocycles. The van der Waals surface area contributed by atoms with E-state index >= 15 is 0 Å². The van der Waals surface area contributed by atoms with Crippen LogP contribution in [0.2, 0.25) is 0 Å². The molecule has 0 aliphatic carbocycles. The van der Waals surface area contributed by atoms with Crippen LogP contribution >= 0.6 is 0 Å². The third-order valence-corrected chi connectivity index (χ3v) is 3.37. The molecule has 6 nitrogen and oxygen atoms in total. The molecule has 6 heteroatoms. The minimum atomic E-state index is -0.401. The predicted octanol–water partition coefficient (Wildman–Crippen LogP) is 3.25. The van der Waals surface area contributed by atoms with Crippen molar-refractivity contribution in [1.29, 1.82) is 0 Å². The van der Waals surface area contributed by atoms with E-state index in [0.717, 1.165) is 29.7 Å². The van der Waals surface area contributed by atoms with Crippen LogP contribution in [-0.4, -0.2) is 22.0 Å². The molecule has 0 saturated heterocycles. The molecule has 0 unspecified atom stereocenters. The molecule has 0 radical (unpaired) electrons. The fourth-order valence-corrected chi connectivity index (χ4v) is 2.36. The number of aromatic nitrogens is 2.